The van der Waals surface area contributed by atoms with Gasteiger partial charge in [0.1, 0.15) is 12.1 Å². The van der Waals surface area contributed by atoms with Crippen LogP contribution in [-0.4, -0.2) is 34.6 Å². The van der Waals surface area contributed by atoms with Crippen molar-refractivity contribution in [3.63, 3.8) is 0 Å². The van der Waals surface area contributed by atoms with Gasteiger partial charge in [0.05, 0.1) is 12.8 Å². The molecule has 2 amide bonds. The molecule has 0 atom stereocenters. The summed E-state index contributed by atoms with van der Waals surface area (Å²) in [5, 5.41) is 3.40. The Bertz CT molecular complexity index is 1210. The van der Waals surface area contributed by atoms with Gasteiger partial charge >= 0.3 is 5.97 Å². The van der Waals surface area contributed by atoms with E-state index >= 15 is 0 Å². The Kier molecular flexibility index (Phi) is 5.16. The Balaban J connectivity index is 1.79. The molecule has 150 valence electrons. The normalized spacial score (nSPS) is 15.6. The molecule has 1 saturated heterocycles. The highest BCUT2D eigenvalue weighted by molar-refractivity contribution is 7.80. The summed E-state index contributed by atoms with van der Waals surface area (Å²) in [6, 6.07) is 16.3. The number of aromatic nitrogens is 1. The first-order valence-electron chi connectivity index (χ1n) is 9.11. The number of nitrogens with one attached hydrogen (secondary N) is 1. The molecule has 2 aromatic carbocycles. The van der Waals surface area contributed by atoms with E-state index < -0.39 is 17.8 Å². The minimum absolute atomic E-state index is 0.0144. The number of rotatable bonds is 4. The van der Waals surface area contributed by atoms with Crippen LogP contribution in [0.15, 0.2) is 66.4 Å². The molecule has 0 bridgehead atoms. The molecule has 1 aliphatic heterocycles. The average Bonchev–Trinajstić information content (AvgIpc) is 3.09. The summed E-state index contributed by atoms with van der Waals surface area (Å²) in [6.07, 6.45) is 3.24. The van der Waals surface area contributed by atoms with Crippen LogP contribution in [0.2, 0.25) is 0 Å². The fraction of sp³-hybridized carbons (Fsp3) is 0.0909. The van der Waals surface area contributed by atoms with Gasteiger partial charge in [0.2, 0.25) is 0 Å². The van der Waals surface area contributed by atoms with Gasteiger partial charge in [-0.25, -0.2) is 0 Å². The molecule has 2 heterocycles. The summed E-state index contributed by atoms with van der Waals surface area (Å²) in [5.74, 6) is -1.48. The largest absolute Gasteiger partial charge is 0.468 e. The SMILES string of the molecule is COC(=O)Cn1cc(/C=C2/C(=O)NC(=S)N(c3ccccc3)C2=O)c2ccccc21. The second kappa shape index (κ2) is 7.92. The van der Waals surface area contributed by atoms with Gasteiger partial charge in [-0.3, -0.25) is 24.6 Å². The molecule has 0 saturated carbocycles. The van der Waals surface area contributed by atoms with Gasteiger partial charge in [-0.05, 0) is 36.5 Å². The summed E-state index contributed by atoms with van der Waals surface area (Å²) in [5.41, 5.74) is 1.93. The number of anilines is 1. The molecule has 7 nitrogen and oxygen atoms in total. The molecule has 0 aliphatic carbocycles. The van der Waals surface area contributed by atoms with Gasteiger partial charge < -0.3 is 9.30 Å². The van der Waals surface area contributed by atoms with Crippen LogP contribution in [0.1, 0.15) is 5.56 Å². The molecule has 1 aliphatic rings. The first-order valence-corrected chi connectivity index (χ1v) is 9.51. The molecule has 0 radical (unpaired) electrons. The third-order valence-electron chi connectivity index (χ3n) is 4.76. The Morgan fingerprint density at radius 3 is 2.53 bits per heavy atom. The van der Waals surface area contributed by atoms with Gasteiger partial charge in [0.15, 0.2) is 5.11 Å². The van der Waals surface area contributed by atoms with Crippen molar-refractivity contribution in [3.05, 3.63) is 71.9 Å². The van der Waals surface area contributed by atoms with Crippen molar-refractivity contribution >= 4 is 57.8 Å². The monoisotopic (exact) mass is 419 g/mol. The first-order chi connectivity index (χ1) is 14.5. The lowest BCUT2D eigenvalue weighted by atomic mass is 10.1. The molecule has 1 N–H and O–H groups in total. The first kappa shape index (κ1) is 19.5. The summed E-state index contributed by atoms with van der Waals surface area (Å²) >= 11 is 5.21. The highest BCUT2D eigenvalue weighted by Gasteiger charge is 2.34. The third-order valence-corrected chi connectivity index (χ3v) is 5.05. The number of amides is 2. The molecule has 0 spiro atoms. The number of fused-ring (bicyclic) bond motifs is 1. The lowest BCUT2D eigenvalue weighted by Gasteiger charge is -2.28. The van der Waals surface area contributed by atoms with Crippen molar-refractivity contribution in [1.82, 2.24) is 9.88 Å². The molecule has 0 unspecified atom stereocenters. The maximum Gasteiger partial charge on any atom is 0.325 e. The quantitative estimate of drug-likeness (QED) is 0.304. The summed E-state index contributed by atoms with van der Waals surface area (Å²) in [7, 11) is 1.32. The number of thiocarbonyl (C=S) groups is 1. The maximum absolute atomic E-state index is 13.1. The van der Waals surface area contributed by atoms with Crippen LogP contribution in [0.4, 0.5) is 5.69 Å². The minimum atomic E-state index is -0.568. The van der Waals surface area contributed by atoms with E-state index in [0.717, 1.165) is 10.9 Å². The molecular formula is C22H17N3O4S. The van der Waals surface area contributed by atoms with Crippen molar-refractivity contribution < 1.29 is 19.1 Å². The fourth-order valence-corrected chi connectivity index (χ4v) is 3.63. The lowest BCUT2D eigenvalue weighted by molar-refractivity contribution is -0.141. The smallest absolute Gasteiger partial charge is 0.325 e. The van der Waals surface area contributed by atoms with E-state index in [9.17, 15) is 14.4 Å². The van der Waals surface area contributed by atoms with Gasteiger partial charge in [0.25, 0.3) is 11.8 Å². The van der Waals surface area contributed by atoms with Crippen molar-refractivity contribution in [2.24, 2.45) is 0 Å². The van der Waals surface area contributed by atoms with Gasteiger partial charge in [-0.2, -0.15) is 0 Å². The zero-order valence-corrected chi connectivity index (χ0v) is 16.8. The topological polar surface area (TPSA) is 80.6 Å². The number of nitrogens with zero attached hydrogens (tertiary/aromatic N) is 2. The molecule has 1 fully saturated rings. The maximum atomic E-state index is 13.1. The van der Waals surface area contributed by atoms with E-state index in [1.807, 2.05) is 30.3 Å². The van der Waals surface area contributed by atoms with E-state index in [-0.39, 0.29) is 17.2 Å². The number of methoxy groups -OCH3 is 1. The fourth-order valence-electron chi connectivity index (χ4n) is 3.35. The van der Waals surface area contributed by atoms with E-state index in [0.29, 0.717) is 11.3 Å². The Labute approximate surface area is 177 Å². The van der Waals surface area contributed by atoms with Crippen molar-refractivity contribution in [2.75, 3.05) is 12.0 Å². The van der Waals surface area contributed by atoms with Crippen molar-refractivity contribution in [2.45, 2.75) is 6.54 Å². The third kappa shape index (κ3) is 3.48. The molecular weight excluding hydrogens is 402 g/mol. The van der Waals surface area contributed by atoms with Crippen LogP contribution in [0.3, 0.4) is 0 Å². The molecule has 3 aromatic rings. The Hall–Kier alpha value is -3.78. The Morgan fingerprint density at radius 2 is 1.80 bits per heavy atom. The predicted octanol–water partition coefficient (Wildman–Crippen LogP) is 2.65. The number of benzene rings is 2. The Morgan fingerprint density at radius 1 is 1.10 bits per heavy atom. The summed E-state index contributed by atoms with van der Waals surface area (Å²) < 4.78 is 6.48. The number of esters is 1. The van der Waals surface area contributed by atoms with E-state index in [4.69, 9.17) is 17.0 Å². The van der Waals surface area contributed by atoms with Crippen LogP contribution < -0.4 is 10.2 Å². The van der Waals surface area contributed by atoms with Crippen LogP contribution in [0.5, 0.6) is 0 Å². The lowest BCUT2D eigenvalue weighted by Crippen LogP contribution is -2.54. The number of hydrogen-bond acceptors (Lipinski definition) is 5. The second-order valence-electron chi connectivity index (χ2n) is 6.60. The number of para-hydroxylation sites is 2. The predicted molar refractivity (Wildman–Crippen MR) is 117 cm³/mol. The highest BCUT2D eigenvalue weighted by atomic mass is 32.1. The number of hydrogen-bond donors (Lipinski definition) is 1. The molecule has 4 rings (SSSR count). The molecule has 1 aromatic heterocycles. The van der Waals surface area contributed by atoms with E-state index in [1.54, 1.807) is 35.0 Å². The van der Waals surface area contributed by atoms with E-state index in [1.165, 1.54) is 18.1 Å². The molecule has 30 heavy (non-hydrogen) atoms. The number of carbonyl (C=O) groups excluding carboxylic acids is 3. The average molecular weight is 419 g/mol. The van der Waals surface area contributed by atoms with Gasteiger partial charge in [-0.15, -0.1) is 0 Å². The van der Waals surface area contributed by atoms with Crippen LogP contribution in [0, 0.1) is 0 Å². The van der Waals surface area contributed by atoms with E-state index in [2.05, 4.69) is 5.32 Å². The summed E-state index contributed by atoms with van der Waals surface area (Å²) in [6.45, 7) is 0.0144. The number of ether oxygens (including phenoxy) is 1. The molecule has 8 heteroatoms. The zero-order valence-electron chi connectivity index (χ0n) is 16.0. The van der Waals surface area contributed by atoms with Gasteiger partial charge in [-0.1, -0.05) is 36.4 Å². The second-order valence-corrected chi connectivity index (χ2v) is 6.99. The van der Waals surface area contributed by atoms with Crippen LogP contribution in [-0.2, 0) is 25.7 Å². The standard InChI is InChI=1S/C22H17N3O4S/c1-29-19(26)13-24-12-14(16-9-5-6-10-18(16)24)11-17-20(27)23-22(30)25(21(17)28)15-7-3-2-4-8-15/h2-12H,13H2,1H3,(H,23,27,30)/b17-11-. The highest BCUT2D eigenvalue weighted by Crippen LogP contribution is 2.26. The van der Waals surface area contributed by atoms with Crippen molar-refractivity contribution in [1.29, 1.82) is 0 Å². The van der Waals surface area contributed by atoms with Crippen LogP contribution in [0.25, 0.3) is 17.0 Å². The minimum Gasteiger partial charge on any atom is -0.468 e. The van der Waals surface area contributed by atoms with Crippen LogP contribution >= 0.6 is 12.2 Å². The summed E-state index contributed by atoms with van der Waals surface area (Å²) in [4.78, 5) is 38.8. The van der Waals surface area contributed by atoms with Crippen molar-refractivity contribution in [3.8, 4) is 0 Å². The van der Waals surface area contributed by atoms with Gasteiger partial charge in [0, 0.05) is 22.7 Å². The zero-order chi connectivity index (χ0) is 21.3. The number of carbonyl (C=O) groups is 3.